The van der Waals surface area contributed by atoms with Crippen LogP contribution in [-0.2, 0) is 19.8 Å². The van der Waals surface area contributed by atoms with Crippen LogP contribution in [0.15, 0.2) is 24.3 Å². The Bertz CT molecular complexity index is 745. The standard InChI is InChI=1S/C21H29N3O3/c1-14(25)23-9-11-24(12-10-23)20(27)16-13-15(16)19(26)22-18-8-6-5-7-17(18)21(2,3)4/h5-8,15-16H,9-13H2,1-4H3,(H,22,26). The summed E-state index contributed by atoms with van der Waals surface area (Å²) in [7, 11) is 0. The van der Waals surface area contributed by atoms with Gasteiger partial charge in [-0.1, -0.05) is 39.0 Å². The Labute approximate surface area is 160 Å². The zero-order valence-electron chi connectivity index (χ0n) is 16.6. The number of amides is 3. The van der Waals surface area contributed by atoms with Crippen LogP contribution in [0.4, 0.5) is 5.69 Å². The monoisotopic (exact) mass is 371 g/mol. The Morgan fingerprint density at radius 2 is 1.56 bits per heavy atom. The molecule has 1 aromatic rings. The topological polar surface area (TPSA) is 69.7 Å². The van der Waals surface area contributed by atoms with Crippen molar-refractivity contribution in [2.45, 2.75) is 39.5 Å². The van der Waals surface area contributed by atoms with E-state index in [2.05, 4.69) is 26.1 Å². The molecule has 1 aliphatic heterocycles. The second-order valence-electron chi connectivity index (χ2n) is 8.56. The van der Waals surface area contributed by atoms with Gasteiger partial charge in [-0.3, -0.25) is 14.4 Å². The van der Waals surface area contributed by atoms with E-state index in [1.54, 1.807) is 16.7 Å². The third-order valence-corrected chi connectivity index (χ3v) is 5.47. The molecule has 0 aromatic heterocycles. The van der Waals surface area contributed by atoms with Crippen molar-refractivity contribution < 1.29 is 14.4 Å². The summed E-state index contributed by atoms with van der Waals surface area (Å²) in [4.78, 5) is 40.3. The van der Waals surface area contributed by atoms with Crippen molar-refractivity contribution in [1.29, 1.82) is 0 Å². The summed E-state index contributed by atoms with van der Waals surface area (Å²) in [5.74, 6) is -0.467. The summed E-state index contributed by atoms with van der Waals surface area (Å²) in [6.07, 6.45) is 0.606. The Morgan fingerprint density at radius 1 is 0.963 bits per heavy atom. The maximum atomic E-state index is 12.7. The Hall–Kier alpha value is -2.37. The number of piperazine rings is 1. The van der Waals surface area contributed by atoms with Crippen molar-refractivity contribution >= 4 is 23.4 Å². The van der Waals surface area contributed by atoms with Gasteiger partial charge in [0.2, 0.25) is 17.7 Å². The lowest BCUT2D eigenvalue weighted by Crippen LogP contribution is -2.50. The number of carbonyl (C=O) groups excluding carboxylic acids is 3. The van der Waals surface area contributed by atoms with Crippen molar-refractivity contribution in [3.8, 4) is 0 Å². The van der Waals surface area contributed by atoms with Crippen molar-refractivity contribution in [2.24, 2.45) is 11.8 Å². The van der Waals surface area contributed by atoms with Gasteiger partial charge in [-0.05, 0) is 23.5 Å². The average Bonchev–Trinajstić information content (AvgIpc) is 3.41. The summed E-state index contributed by atoms with van der Waals surface area (Å²) in [5.41, 5.74) is 1.84. The smallest absolute Gasteiger partial charge is 0.228 e. The van der Waals surface area contributed by atoms with Gasteiger partial charge < -0.3 is 15.1 Å². The quantitative estimate of drug-likeness (QED) is 0.886. The molecule has 2 atom stereocenters. The molecular weight excluding hydrogens is 342 g/mol. The third kappa shape index (κ3) is 4.31. The highest BCUT2D eigenvalue weighted by Crippen LogP contribution is 2.41. The average molecular weight is 371 g/mol. The molecule has 2 fully saturated rings. The van der Waals surface area contributed by atoms with Gasteiger partial charge >= 0.3 is 0 Å². The van der Waals surface area contributed by atoms with Crippen LogP contribution in [-0.4, -0.2) is 53.7 Å². The van der Waals surface area contributed by atoms with Gasteiger partial charge in [0.05, 0.1) is 11.8 Å². The lowest BCUT2D eigenvalue weighted by Gasteiger charge is -2.34. The van der Waals surface area contributed by atoms with Crippen LogP contribution in [0.2, 0.25) is 0 Å². The van der Waals surface area contributed by atoms with Crippen LogP contribution in [0, 0.1) is 11.8 Å². The van der Waals surface area contributed by atoms with Gasteiger partial charge in [0.15, 0.2) is 0 Å². The SMILES string of the molecule is CC(=O)N1CCN(C(=O)C2CC2C(=O)Nc2ccccc2C(C)(C)C)CC1. The van der Waals surface area contributed by atoms with Gasteiger partial charge in [-0.25, -0.2) is 0 Å². The minimum absolute atomic E-state index is 0.0439. The van der Waals surface area contributed by atoms with Crippen molar-refractivity contribution in [3.63, 3.8) is 0 Å². The molecule has 6 heteroatoms. The predicted molar refractivity (Wildman–Crippen MR) is 104 cm³/mol. The second-order valence-corrected chi connectivity index (χ2v) is 8.56. The van der Waals surface area contributed by atoms with Crippen molar-refractivity contribution in [3.05, 3.63) is 29.8 Å². The minimum Gasteiger partial charge on any atom is -0.339 e. The van der Waals surface area contributed by atoms with E-state index < -0.39 is 0 Å². The number of nitrogens with zero attached hydrogens (tertiary/aromatic N) is 2. The molecular formula is C21H29N3O3. The van der Waals surface area contributed by atoms with E-state index in [9.17, 15) is 14.4 Å². The molecule has 1 heterocycles. The van der Waals surface area contributed by atoms with Crippen molar-refractivity contribution in [1.82, 2.24) is 9.80 Å². The van der Waals surface area contributed by atoms with Crippen molar-refractivity contribution in [2.75, 3.05) is 31.5 Å². The summed E-state index contributed by atoms with van der Waals surface area (Å²) in [5, 5.41) is 3.03. The molecule has 0 bridgehead atoms. The molecule has 0 spiro atoms. The number of para-hydroxylation sites is 1. The zero-order chi connectivity index (χ0) is 19.8. The number of benzene rings is 1. The Balaban J connectivity index is 1.57. The van der Waals surface area contributed by atoms with Crippen LogP contribution >= 0.6 is 0 Å². The fourth-order valence-electron chi connectivity index (χ4n) is 3.71. The van der Waals surface area contributed by atoms with Crippen LogP contribution in [0.5, 0.6) is 0 Å². The molecule has 1 aliphatic carbocycles. The maximum absolute atomic E-state index is 12.7. The van der Waals surface area contributed by atoms with E-state index >= 15 is 0 Å². The van der Waals surface area contributed by atoms with Gasteiger partial charge in [0, 0.05) is 38.8 Å². The molecule has 1 saturated heterocycles. The van der Waals surface area contributed by atoms with E-state index in [1.165, 1.54) is 0 Å². The lowest BCUT2D eigenvalue weighted by atomic mass is 9.86. The van der Waals surface area contributed by atoms with Gasteiger partial charge in [0.1, 0.15) is 0 Å². The molecule has 3 amide bonds. The van der Waals surface area contributed by atoms with E-state index in [-0.39, 0.29) is 35.0 Å². The largest absolute Gasteiger partial charge is 0.339 e. The minimum atomic E-state index is -0.253. The molecule has 146 valence electrons. The fraction of sp³-hybridized carbons (Fsp3) is 0.571. The Kier molecular flexibility index (Phi) is 5.27. The number of carbonyl (C=O) groups is 3. The third-order valence-electron chi connectivity index (χ3n) is 5.47. The van der Waals surface area contributed by atoms with Crippen LogP contribution in [0.25, 0.3) is 0 Å². The van der Waals surface area contributed by atoms with E-state index in [0.717, 1.165) is 11.3 Å². The normalized spacial score (nSPS) is 22.4. The van der Waals surface area contributed by atoms with E-state index in [4.69, 9.17) is 0 Å². The van der Waals surface area contributed by atoms with Gasteiger partial charge in [-0.2, -0.15) is 0 Å². The molecule has 0 radical (unpaired) electrons. The van der Waals surface area contributed by atoms with Gasteiger partial charge in [-0.15, -0.1) is 0 Å². The first-order chi connectivity index (χ1) is 12.7. The highest BCUT2D eigenvalue weighted by atomic mass is 16.2. The number of anilines is 1. The Morgan fingerprint density at radius 3 is 2.15 bits per heavy atom. The first-order valence-electron chi connectivity index (χ1n) is 9.63. The highest BCUT2D eigenvalue weighted by molar-refractivity contribution is 6.00. The lowest BCUT2D eigenvalue weighted by molar-refractivity contribution is -0.139. The summed E-state index contributed by atoms with van der Waals surface area (Å²) < 4.78 is 0. The number of hydrogen-bond acceptors (Lipinski definition) is 3. The molecule has 2 aliphatic rings. The predicted octanol–water partition coefficient (Wildman–Crippen LogP) is 2.25. The maximum Gasteiger partial charge on any atom is 0.228 e. The summed E-state index contributed by atoms with van der Waals surface area (Å²) in [6, 6.07) is 7.83. The number of hydrogen-bond donors (Lipinski definition) is 1. The fourth-order valence-corrected chi connectivity index (χ4v) is 3.71. The molecule has 1 saturated carbocycles. The summed E-state index contributed by atoms with van der Waals surface area (Å²) in [6.45, 7) is 10.1. The van der Waals surface area contributed by atoms with Crippen LogP contribution < -0.4 is 5.32 Å². The molecule has 1 aromatic carbocycles. The number of nitrogens with one attached hydrogen (secondary N) is 1. The molecule has 27 heavy (non-hydrogen) atoms. The van der Waals surface area contributed by atoms with E-state index in [0.29, 0.717) is 32.6 Å². The molecule has 3 rings (SSSR count). The number of rotatable bonds is 3. The first-order valence-corrected chi connectivity index (χ1v) is 9.63. The van der Waals surface area contributed by atoms with Gasteiger partial charge in [0.25, 0.3) is 0 Å². The molecule has 1 N–H and O–H groups in total. The highest BCUT2D eigenvalue weighted by Gasteiger charge is 2.50. The second kappa shape index (κ2) is 7.33. The zero-order valence-corrected chi connectivity index (χ0v) is 16.6. The molecule has 2 unspecified atom stereocenters. The van der Waals surface area contributed by atoms with E-state index in [1.807, 2.05) is 24.3 Å². The van der Waals surface area contributed by atoms with Crippen LogP contribution in [0.1, 0.15) is 39.7 Å². The first kappa shape index (κ1) is 19.4. The van der Waals surface area contributed by atoms with Crippen LogP contribution in [0.3, 0.4) is 0 Å². The summed E-state index contributed by atoms with van der Waals surface area (Å²) >= 11 is 0. The molecule has 6 nitrogen and oxygen atoms in total.